The molecule has 2 saturated heterocycles. The average molecular weight is 348 g/mol. The first-order chi connectivity index (χ1) is 11.9. The van der Waals surface area contributed by atoms with Gasteiger partial charge in [-0.2, -0.15) is 0 Å². The van der Waals surface area contributed by atoms with Crippen LogP contribution in [0.25, 0.3) is 0 Å². The van der Waals surface area contributed by atoms with Gasteiger partial charge in [0.25, 0.3) is 11.6 Å². The highest BCUT2D eigenvalue weighted by molar-refractivity contribution is 6.19. The molecule has 2 aliphatic heterocycles. The molecule has 25 heavy (non-hydrogen) atoms. The number of nitro benzene ring substituents is 1. The van der Waals surface area contributed by atoms with Crippen molar-refractivity contribution >= 4 is 23.3 Å². The second kappa shape index (κ2) is 6.77. The van der Waals surface area contributed by atoms with Crippen molar-refractivity contribution < 1.29 is 19.2 Å². The lowest BCUT2D eigenvalue weighted by atomic mass is 10.2. The van der Waals surface area contributed by atoms with E-state index in [4.69, 9.17) is 4.74 Å². The average Bonchev–Trinajstić information content (AvgIpc) is 2.85. The summed E-state index contributed by atoms with van der Waals surface area (Å²) in [6, 6.07) is 5.22. The van der Waals surface area contributed by atoms with Gasteiger partial charge in [-0.25, -0.2) is 9.69 Å². The molecule has 134 valence electrons. The second-order valence-electron chi connectivity index (χ2n) is 6.39. The Labute approximate surface area is 144 Å². The van der Waals surface area contributed by atoms with E-state index in [1.54, 1.807) is 0 Å². The lowest BCUT2D eigenvalue weighted by Gasteiger charge is -2.38. The highest BCUT2D eigenvalue weighted by atomic mass is 16.6. The van der Waals surface area contributed by atoms with Crippen molar-refractivity contribution in [3.8, 4) is 0 Å². The van der Waals surface area contributed by atoms with Gasteiger partial charge in [0.2, 0.25) is 0 Å². The molecule has 0 saturated carbocycles. The molecule has 2 fully saturated rings. The summed E-state index contributed by atoms with van der Waals surface area (Å²) in [6.45, 7) is 5.50. The largest absolute Gasteiger partial charge is 0.376 e. The van der Waals surface area contributed by atoms with Crippen molar-refractivity contribution in [1.29, 1.82) is 0 Å². The molecule has 1 aromatic carbocycles. The van der Waals surface area contributed by atoms with Crippen molar-refractivity contribution in [2.75, 3.05) is 31.3 Å². The number of ether oxygens (including phenoxy) is 1. The molecule has 9 heteroatoms. The van der Waals surface area contributed by atoms with E-state index < -0.39 is 11.0 Å². The van der Waals surface area contributed by atoms with Crippen molar-refractivity contribution in [1.82, 2.24) is 9.80 Å². The minimum absolute atomic E-state index is 0.0417. The zero-order chi connectivity index (χ0) is 18.1. The number of hydrogen-bond acceptors (Lipinski definition) is 6. The molecule has 2 unspecified atom stereocenters. The highest BCUT2D eigenvalue weighted by Crippen LogP contribution is 2.26. The predicted octanol–water partition coefficient (Wildman–Crippen LogP) is 1.43. The third-order valence-corrected chi connectivity index (χ3v) is 4.43. The first-order valence-electron chi connectivity index (χ1n) is 8.09. The molecule has 0 spiro atoms. The Morgan fingerprint density at radius 2 is 2.08 bits per heavy atom. The number of rotatable bonds is 4. The fourth-order valence-electron chi connectivity index (χ4n) is 3.05. The van der Waals surface area contributed by atoms with Gasteiger partial charge in [0.05, 0.1) is 30.0 Å². The van der Waals surface area contributed by atoms with Crippen LogP contribution < -0.4 is 4.90 Å². The van der Waals surface area contributed by atoms with Gasteiger partial charge in [0.15, 0.2) is 0 Å². The Hall–Kier alpha value is -2.52. The normalized spacial score (nSPS) is 24.9. The van der Waals surface area contributed by atoms with Crippen LogP contribution in [0.4, 0.5) is 16.2 Å². The zero-order valence-corrected chi connectivity index (χ0v) is 14.1. The molecule has 0 aromatic heterocycles. The fourth-order valence-corrected chi connectivity index (χ4v) is 3.05. The SMILES string of the molecule is CC1CN(CN2CC(=O)N(c3cccc([N+](=O)[O-])c3)C2=O)C(C)CO1. The summed E-state index contributed by atoms with van der Waals surface area (Å²) in [4.78, 5) is 39.9. The molecule has 0 aliphatic carbocycles. The molecule has 0 bridgehead atoms. The van der Waals surface area contributed by atoms with Crippen LogP contribution in [0.5, 0.6) is 0 Å². The number of nitro groups is 1. The van der Waals surface area contributed by atoms with E-state index in [2.05, 4.69) is 4.90 Å². The summed E-state index contributed by atoms with van der Waals surface area (Å²) in [5.41, 5.74) is 0.0577. The van der Waals surface area contributed by atoms with Gasteiger partial charge >= 0.3 is 6.03 Å². The number of carbonyl (C=O) groups excluding carboxylic acids is 2. The van der Waals surface area contributed by atoms with Crippen LogP contribution in [0.1, 0.15) is 13.8 Å². The molecule has 2 aliphatic rings. The van der Waals surface area contributed by atoms with E-state index >= 15 is 0 Å². The van der Waals surface area contributed by atoms with Crippen LogP contribution in [0.3, 0.4) is 0 Å². The maximum atomic E-state index is 12.7. The highest BCUT2D eigenvalue weighted by Gasteiger charge is 2.39. The van der Waals surface area contributed by atoms with Gasteiger partial charge in [0.1, 0.15) is 6.54 Å². The Kier molecular flexibility index (Phi) is 4.69. The standard InChI is InChI=1S/C16H20N4O5/c1-11-9-25-12(2)7-17(11)10-18-8-15(21)19(16(18)22)13-4-3-5-14(6-13)20(23)24/h3-6,11-12H,7-10H2,1-2H3. The Bertz CT molecular complexity index is 710. The number of nitrogens with zero attached hydrogens (tertiary/aromatic N) is 4. The van der Waals surface area contributed by atoms with E-state index in [-0.39, 0.29) is 36.0 Å². The molecular weight excluding hydrogens is 328 g/mol. The Balaban J connectivity index is 1.76. The fraction of sp³-hybridized carbons (Fsp3) is 0.500. The van der Waals surface area contributed by atoms with Crippen LogP contribution >= 0.6 is 0 Å². The molecule has 0 radical (unpaired) electrons. The summed E-state index contributed by atoms with van der Waals surface area (Å²) in [5.74, 6) is -0.389. The quantitative estimate of drug-likeness (QED) is 0.464. The number of imide groups is 1. The number of morpholine rings is 1. The summed E-state index contributed by atoms with van der Waals surface area (Å²) in [7, 11) is 0. The van der Waals surface area contributed by atoms with Gasteiger partial charge in [-0.3, -0.25) is 19.8 Å². The van der Waals surface area contributed by atoms with E-state index in [0.717, 1.165) is 4.90 Å². The van der Waals surface area contributed by atoms with Crippen LogP contribution in [0.15, 0.2) is 24.3 Å². The summed E-state index contributed by atoms with van der Waals surface area (Å²) in [6.07, 6.45) is 0.0671. The summed E-state index contributed by atoms with van der Waals surface area (Å²) < 4.78 is 5.57. The lowest BCUT2D eigenvalue weighted by molar-refractivity contribution is -0.384. The minimum atomic E-state index is -0.552. The van der Waals surface area contributed by atoms with Gasteiger partial charge in [-0.05, 0) is 19.9 Å². The predicted molar refractivity (Wildman–Crippen MR) is 89.1 cm³/mol. The summed E-state index contributed by atoms with van der Waals surface area (Å²) >= 11 is 0. The van der Waals surface area contributed by atoms with Crippen LogP contribution in [-0.4, -0.2) is 65.2 Å². The number of benzene rings is 1. The van der Waals surface area contributed by atoms with E-state index in [1.807, 2.05) is 13.8 Å². The summed E-state index contributed by atoms with van der Waals surface area (Å²) in [5, 5.41) is 10.9. The number of non-ortho nitro benzene ring substituents is 1. The molecule has 3 amide bonds. The van der Waals surface area contributed by atoms with E-state index in [1.165, 1.54) is 29.2 Å². The van der Waals surface area contributed by atoms with Crippen molar-refractivity contribution in [2.24, 2.45) is 0 Å². The molecule has 2 heterocycles. The topological polar surface area (TPSA) is 96.2 Å². The van der Waals surface area contributed by atoms with Gasteiger partial charge in [-0.1, -0.05) is 6.07 Å². The van der Waals surface area contributed by atoms with E-state index in [0.29, 0.717) is 19.8 Å². The van der Waals surface area contributed by atoms with Crippen LogP contribution in [-0.2, 0) is 9.53 Å². The number of hydrogen-bond donors (Lipinski definition) is 0. The third kappa shape index (κ3) is 3.47. The first-order valence-corrected chi connectivity index (χ1v) is 8.09. The third-order valence-electron chi connectivity index (χ3n) is 4.43. The molecule has 0 N–H and O–H groups in total. The molecule has 9 nitrogen and oxygen atoms in total. The van der Waals surface area contributed by atoms with E-state index in [9.17, 15) is 19.7 Å². The molecule has 2 atom stereocenters. The van der Waals surface area contributed by atoms with Gasteiger partial charge in [-0.15, -0.1) is 0 Å². The monoisotopic (exact) mass is 348 g/mol. The van der Waals surface area contributed by atoms with Crippen molar-refractivity contribution in [3.05, 3.63) is 34.4 Å². The van der Waals surface area contributed by atoms with Crippen LogP contribution in [0, 0.1) is 10.1 Å². The Morgan fingerprint density at radius 3 is 2.80 bits per heavy atom. The molecule has 3 rings (SSSR count). The number of carbonyl (C=O) groups is 2. The second-order valence-corrected chi connectivity index (χ2v) is 6.39. The van der Waals surface area contributed by atoms with Crippen molar-refractivity contribution in [2.45, 2.75) is 26.0 Å². The molecule has 1 aromatic rings. The maximum Gasteiger partial charge on any atom is 0.332 e. The molecular formula is C16H20N4O5. The first kappa shape index (κ1) is 17.3. The van der Waals surface area contributed by atoms with Crippen LogP contribution in [0.2, 0.25) is 0 Å². The number of urea groups is 1. The van der Waals surface area contributed by atoms with Gasteiger partial charge < -0.3 is 9.64 Å². The lowest BCUT2D eigenvalue weighted by Crippen LogP contribution is -2.52. The number of amides is 3. The smallest absolute Gasteiger partial charge is 0.332 e. The zero-order valence-electron chi connectivity index (χ0n) is 14.1. The Morgan fingerprint density at radius 1 is 1.32 bits per heavy atom. The van der Waals surface area contributed by atoms with Gasteiger partial charge in [0, 0.05) is 24.7 Å². The van der Waals surface area contributed by atoms with Crippen molar-refractivity contribution in [3.63, 3.8) is 0 Å². The number of anilines is 1. The minimum Gasteiger partial charge on any atom is -0.376 e. The maximum absolute atomic E-state index is 12.7.